The van der Waals surface area contributed by atoms with Crippen LogP contribution in [0.5, 0.6) is 0 Å². The number of carbonyl (C=O) groups excluding carboxylic acids is 3. The Hall–Kier alpha value is -1.43. The average molecular weight is 321 g/mol. The van der Waals surface area contributed by atoms with Gasteiger partial charge < -0.3 is 9.84 Å². The SMILES string of the molecule is O=C1CCCN1C(=O)COC(=O)C12C[C@@H]3C[C@H](CC(O)(C3)C1)C2. The van der Waals surface area contributed by atoms with Crippen LogP contribution >= 0.6 is 0 Å². The molecule has 0 radical (unpaired) electrons. The van der Waals surface area contributed by atoms with Gasteiger partial charge in [-0.3, -0.25) is 19.3 Å². The Morgan fingerprint density at radius 1 is 1.22 bits per heavy atom. The largest absolute Gasteiger partial charge is 0.455 e. The predicted octanol–water partition coefficient (Wildman–Crippen LogP) is 1.01. The van der Waals surface area contributed by atoms with E-state index in [4.69, 9.17) is 4.74 Å². The zero-order chi connectivity index (χ0) is 16.2. The number of likely N-dealkylation sites (tertiary alicyclic amines) is 1. The third kappa shape index (κ3) is 2.47. The highest BCUT2D eigenvalue weighted by Crippen LogP contribution is 2.61. The number of hydrogen-bond acceptors (Lipinski definition) is 5. The highest BCUT2D eigenvalue weighted by molar-refractivity contribution is 5.97. The van der Waals surface area contributed by atoms with Gasteiger partial charge >= 0.3 is 5.97 Å². The second-order valence-corrected chi connectivity index (χ2v) is 8.08. The van der Waals surface area contributed by atoms with Crippen molar-refractivity contribution >= 4 is 17.8 Å². The van der Waals surface area contributed by atoms with Crippen LogP contribution in [0.15, 0.2) is 0 Å². The highest BCUT2D eigenvalue weighted by Gasteiger charge is 2.61. The summed E-state index contributed by atoms with van der Waals surface area (Å²) in [5.41, 5.74) is -1.34. The minimum absolute atomic E-state index is 0.185. The molecule has 0 aromatic heterocycles. The van der Waals surface area contributed by atoms with Crippen molar-refractivity contribution in [1.29, 1.82) is 0 Å². The summed E-state index contributed by atoms with van der Waals surface area (Å²) in [6, 6.07) is 0. The zero-order valence-electron chi connectivity index (χ0n) is 13.3. The van der Waals surface area contributed by atoms with E-state index in [1.165, 1.54) is 4.90 Å². The molecule has 6 nitrogen and oxygen atoms in total. The number of nitrogens with zero attached hydrogens (tertiary/aromatic N) is 1. The summed E-state index contributed by atoms with van der Waals surface area (Å²) >= 11 is 0. The van der Waals surface area contributed by atoms with Crippen LogP contribution in [-0.2, 0) is 19.1 Å². The van der Waals surface area contributed by atoms with E-state index in [1.807, 2.05) is 0 Å². The molecular weight excluding hydrogens is 298 g/mol. The second kappa shape index (κ2) is 5.03. The minimum atomic E-state index is -0.724. The number of imide groups is 1. The summed E-state index contributed by atoms with van der Waals surface area (Å²) in [6.45, 7) is 0.0599. The molecule has 1 heterocycles. The summed E-state index contributed by atoms with van der Waals surface area (Å²) in [7, 11) is 0. The highest BCUT2D eigenvalue weighted by atomic mass is 16.5. The molecule has 4 saturated carbocycles. The molecule has 0 aromatic carbocycles. The van der Waals surface area contributed by atoms with E-state index in [9.17, 15) is 19.5 Å². The van der Waals surface area contributed by atoms with Crippen LogP contribution in [0, 0.1) is 17.3 Å². The van der Waals surface area contributed by atoms with Gasteiger partial charge in [0.05, 0.1) is 11.0 Å². The first-order chi connectivity index (χ1) is 10.9. The summed E-state index contributed by atoms with van der Waals surface area (Å²) in [4.78, 5) is 37.4. The van der Waals surface area contributed by atoms with Gasteiger partial charge in [-0.2, -0.15) is 0 Å². The molecule has 4 bridgehead atoms. The van der Waals surface area contributed by atoms with E-state index in [0.717, 1.165) is 32.1 Å². The Balaban J connectivity index is 1.41. The fourth-order valence-corrected chi connectivity index (χ4v) is 5.72. The van der Waals surface area contributed by atoms with Crippen LogP contribution in [0.25, 0.3) is 0 Å². The third-order valence-corrected chi connectivity index (χ3v) is 6.16. The molecule has 5 rings (SSSR count). The molecule has 0 unspecified atom stereocenters. The maximum absolute atomic E-state index is 12.7. The van der Waals surface area contributed by atoms with Crippen molar-refractivity contribution in [2.75, 3.05) is 13.2 Å². The average Bonchev–Trinajstić information content (AvgIpc) is 2.88. The molecule has 126 valence electrons. The van der Waals surface area contributed by atoms with E-state index in [1.54, 1.807) is 0 Å². The quantitative estimate of drug-likeness (QED) is 0.784. The van der Waals surface area contributed by atoms with Crippen LogP contribution < -0.4 is 0 Å². The number of amides is 2. The predicted molar refractivity (Wildman–Crippen MR) is 79.0 cm³/mol. The van der Waals surface area contributed by atoms with Crippen LogP contribution in [0.3, 0.4) is 0 Å². The number of ether oxygens (including phenoxy) is 1. The minimum Gasteiger partial charge on any atom is -0.455 e. The molecule has 2 amide bonds. The standard InChI is InChI=1S/C17H23NO5/c19-13-2-1-3-18(13)14(20)9-23-15(21)16-5-11-4-12(6-16)8-17(22,7-11)10-16/h11-12,22H,1-10H2/t11-,12-,16?,17?/m0/s1. The van der Waals surface area contributed by atoms with Gasteiger partial charge in [0.25, 0.3) is 5.91 Å². The number of aliphatic hydroxyl groups is 1. The summed E-state index contributed by atoms with van der Waals surface area (Å²) in [5.74, 6) is -0.182. The summed E-state index contributed by atoms with van der Waals surface area (Å²) in [6.07, 6.45) is 5.74. The van der Waals surface area contributed by atoms with Gasteiger partial charge in [0.2, 0.25) is 5.91 Å². The summed E-state index contributed by atoms with van der Waals surface area (Å²) < 4.78 is 5.30. The smallest absolute Gasteiger partial charge is 0.312 e. The lowest BCUT2D eigenvalue weighted by molar-refractivity contribution is -0.197. The Morgan fingerprint density at radius 3 is 2.48 bits per heavy atom. The normalized spacial score (nSPS) is 41.4. The number of hydrogen-bond donors (Lipinski definition) is 1. The molecule has 0 aromatic rings. The van der Waals surface area contributed by atoms with Crippen molar-refractivity contribution in [1.82, 2.24) is 4.90 Å². The van der Waals surface area contributed by atoms with Crippen molar-refractivity contribution in [3.63, 3.8) is 0 Å². The molecule has 1 aliphatic heterocycles. The zero-order valence-corrected chi connectivity index (χ0v) is 13.3. The Labute approximate surface area is 135 Å². The van der Waals surface area contributed by atoms with E-state index in [2.05, 4.69) is 0 Å². The van der Waals surface area contributed by atoms with Crippen molar-refractivity contribution < 1.29 is 24.2 Å². The lowest BCUT2D eigenvalue weighted by Crippen LogP contribution is -2.58. The van der Waals surface area contributed by atoms with E-state index < -0.39 is 16.9 Å². The van der Waals surface area contributed by atoms with E-state index in [-0.39, 0.29) is 18.5 Å². The molecule has 1 N–H and O–H groups in total. The molecule has 6 heteroatoms. The third-order valence-electron chi connectivity index (χ3n) is 6.16. The molecule has 5 fully saturated rings. The first-order valence-electron chi connectivity index (χ1n) is 8.62. The van der Waals surface area contributed by atoms with Crippen molar-refractivity contribution in [3.8, 4) is 0 Å². The monoisotopic (exact) mass is 321 g/mol. The molecule has 2 atom stereocenters. The topological polar surface area (TPSA) is 83.9 Å². The fraction of sp³-hybridized carbons (Fsp3) is 0.824. The van der Waals surface area contributed by atoms with Crippen molar-refractivity contribution in [2.45, 2.75) is 57.0 Å². The lowest BCUT2D eigenvalue weighted by Gasteiger charge is -2.58. The molecule has 5 aliphatic rings. The number of rotatable bonds is 3. The Kier molecular flexibility index (Phi) is 3.31. The molecule has 4 aliphatic carbocycles. The number of carbonyl (C=O) groups is 3. The van der Waals surface area contributed by atoms with Crippen LogP contribution in [-0.4, -0.2) is 46.5 Å². The molecule has 1 saturated heterocycles. The molecule has 0 spiro atoms. The van der Waals surface area contributed by atoms with E-state index in [0.29, 0.717) is 37.6 Å². The van der Waals surface area contributed by atoms with Gasteiger partial charge in [0.1, 0.15) is 0 Å². The molecular formula is C17H23NO5. The van der Waals surface area contributed by atoms with Gasteiger partial charge in [-0.1, -0.05) is 0 Å². The van der Waals surface area contributed by atoms with Crippen LogP contribution in [0.2, 0.25) is 0 Å². The Bertz CT molecular complexity index is 557. The van der Waals surface area contributed by atoms with Crippen molar-refractivity contribution in [3.05, 3.63) is 0 Å². The lowest BCUT2D eigenvalue weighted by atomic mass is 9.48. The Morgan fingerprint density at radius 2 is 1.91 bits per heavy atom. The van der Waals surface area contributed by atoms with Crippen LogP contribution in [0.4, 0.5) is 0 Å². The van der Waals surface area contributed by atoms with Gasteiger partial charge in [0, 0.05) is 13.0 Å². The fourth-order valence-electron chi connectivity index (χ4n) is 5.72. The summed E-state index contributed by atoms with van der Waals surface area (Å²) in [5, 5.41) is 10.7. The van der Waals surface area contributed by atoms with Gasteiger partial charge in [0.15, 0.2) is 6.61 Å². The number of esters is 1. The first-order valence-corrected chi connectivity index (χ1v) is 8.62. The van der Waals surface area contributed by atoms with Crippen molar-refractivity contribution in [2.24, 2.45) is 17.3 Å². The van der Waals surface area contributed by atoms with Gasteiger partial charge in [-0.05, 0) is 56.8 Å². The maximum atomic E-state index is 12.7. The van der Waals surface area contributed by atoms with Crippen LogP contribution in [0.1, 0.15) is 51.4 Å². The molecule has 23 heavy (non-hydrogen) atoms. The first kappa shape index (κ1) is 15.1. The maximum Gasteiger partial charge on any atom is 0.312 e. The van der Waals surface area contributed by atoms with Gasteiger partial charge in [-0.25, -0.2) is 0 Å². The van der Waals surface area contributed by atoms with Gasteiger partial charge in [-0.15, -0.1) is 0 Å². The van der Waals surface area contributed by atoms with E-state index >= 15 is 0 Å². The second-order valence-electron chi connectivity index (χ2n) is 8.08.